The third-order valence-electron chi connectivity index (χ3n) is 4.68. The van der Waals surface area contributed by atoms with Gasteiger partial charge in [-0.3, -0.25) is 0 Å². The predicted octanol–water partition coefficient (Wildman–Crippen LogP) is 4.86. The van der Waals surface area contributed by atoms with Crippen LogP contribution in [0.4, 0.5) is 10.1 Å². The van der Waals surface area contributed by atoms with E-state index in [-0.39, 0.29) is 16.2 Å². The van der Waals surface area contributed by atoms with Crippen LogP contribution in [0.3, 0.4) is 0 Å². The Balaban J connectivity index is 1.90. The van der Waals surface area contributed by atoms with E-state index in [9.17, 15) is 12.8 Å². The summed E-state index contributed by atoms with van der Waals surface area (Å²) in [5, 5.41) is 0. The normalized spacial score (nSPS) is 11.6. The van der Waals surface area contributed by atoms with Crippen molar-refractivity contribution >= 4 is 15.7 Å². The van der Waals surface area contributed by atoms with E-state index in [1.165, 1.54) is 24.6 Å². The number of nitrogens with zero attached hydrogens (tertiary/aromatic N) is 2. The van der Waals surface area contributed by atoms with Crippen molar-refractivity contribution in [3.05, 3.63) is 85.2 Å². The summed E-state index contributed by atoms with van der Waals surface area (Å²) in [6, 6.07) is 16.1. The fourth-order valence-electron chi connectivity index (χ4n) is 3.12. The quantitative estimate of drug-likeness (QED) is 0.472. The molecule has 0 atom stereocenters. The second-order valence-electron chi connectivity index (χ2n) is 6.80. The van der Waals surface area contributed by atoms with Crippen LogP contribution in [0.5, 0.6) is 0 Å². The molecule has 0 spiro atoms. The first-order valence-corrected chi connectivity index (χ1v) is 10.3. The molecule has 0 N–H and O–H groups in total. The van der Waals surface area contributed by atoms with E-state index in [0.29, 0.717) is 11.3 Å². The Hall–Kier alpha value is -3.32. The van der Waals surface area contributed by atoms with Gasteiger partial charge in [0.2, 0.25) is 0 Å². The average Bonchev–Trinajstić information content (AvgIpc) is 3.39. The van der Waals surface area contributed by atoms with Gasteiger partial charge in [0, 0.05) is 31.4 Å². The molecule has 0 saturated carbocycles. The van der Waals surface area contributed by atoms with E-state index in [1.807, 2.05) is 6.07 Å². The van der Waals surface area contributed by atoms with E-state index in [1.54, 1.807) is 67.7 Å². The molecule has 2 aromatic heterocycles. The van der Waals surface area contributed by atoms with Crippen LogP contribution < -0.4 is 4.90 Å². The zero-order valence-corrected chi connectivity index (χ0v) is 16.7. The van der Waals surface area contributed by atoms with Crippen LogP contribution in [0.2, 0.25) is 0 Å². The molecule has 2 heterocycles. The van der Waals surface area contributed by atoms with Gasteiger partial charge in [-0.2, -0.15) is 0 Å². The minimum atomic E-state index is -3.97. The maximum absolute atomic E-state index is 14.5. The predicted molar refractivity (Wildman–Crippen MR) is 111 cm³/mol. The summed E-state index contributed by atoms with van der Waals surface area (Å²) >= 11 is 0. The van der Waals surface area contributed by atoms with E-state index in [2.05, 4.69) is 0 Å². The van der Waals surface area contributed by atoms with Crippen LogP contribution in [0.15, 0.2) is 88.7 Å². The van der Waals surface area contributed by atoms with Gasteiger partial charge in [0.15, 0.2) is 0 Å². The third-order valence-corrected chi connectivity index (χ3v) is 6.35. The minimum Gasteiger partial charge on any atom is -0.472 e. The van der Waals surface area contributed by atoms with Gasteiger partial charge in [-0.25, -0.2) is 16.8 Å². The van der Waals surface area contributed by atoms with Crippen LogP contribution in [0, 0.1) is 5.82 Å². The van der Waals surface area contributed by atoms with Crippen molar-refractivity contribution in [1.29, 1.82) is 0 Å². The Labute approximate surface area is 168 Å². The molecule has 0 radical (unpaired) electrons. The van der Waals surface area contributed by atoms with Gasteiger partial charge in [-0.15, -0.1) is 0 Å². The highest BCUT2D eigenvalue weighted by atomic mass is 32.2. The lowest BCUT2D eigenvalue weighted by atomic mass is 10.1. The van der Waals surface area contributed by atoms with Crippen molar-refractivity contribution < 1.29 is 17.2 Å². The van der Waals surface area contributed by atoms with Crippen molar-refractivity contribution in [2.24, 2.45) is 0 Å². The summed E-state index contributed by atoms with van der Waals surface area (Å²) < 4.78 is 47.7. The van der Waals surface area contributed by atoms with Gasteiger partial charge in [0.1, 0.15) is 5.82 Å². The maximum Gasteiger partial charge on any atom is 0.268 e. The van der Waals surface area contributed by atoms with Crippen molar-refractivity contribution in [2.75, 3.05) is 19.0 Å². The number of benzene rings is 2. The smallest absolute Gasteiger partial charge is 0.268 e. The number of furan rings is 1. The summed E-state index contributed by atoms with van der Waals surface area (Å²) in [4.78, 5) is 1.88. The van der Waals surface area contributed by atoms with E-state index >= 15 is 0 Å². The van der Waals surface area contributed by atoms with Crippen LogP contribution in [-0.2, 0) is 10.0 Å². The molecule has 0 aliphatic rings. The molecule has 7 heteroatoms. The number of hydrogen-bond donors (Lipinski definition) is 0. The van der Waals surface area contributed by atoms with Crippen molar-refractivity contribution in [3.8, 4) is 22.4 Å². The fourth-order valence-corrected chi connectivity index (χ4v) is 4.53. The molecule has 0 aliphatic carbocycles. The first kappa shape index (κ1) is 19.0. The molecule has 2 aromatic carbocycles. The van der Waals surface area contributed by atoms with Gasteiger partial charge in [0.05, 0.1) is 28.8 Å². The maximum atomic E-state index is 14.5. The highest BCUT2D eigenvalue weighted by Crippen LogP contribution is 2.32. The average molecular weight is 410 g/mol. The highest BCUT2D eigenvalue weighted by molar-refractivity contribution is 7.90. The number of halogens is 1. The second-order valence-corrected chi connectivity index (χ2v) is 8.61. The Morgan fingerprint density at radius 1 is 0.966 bits per heavy atom. The molecular weight excluding hydrogens is 391 g/mol. The summed E-state index contributed by atoms with van der Waals surface area (Å²) in [5.41, 5.74) is 2.62. The van der Waals surface area contributed by atoms with E-state index < -0.39 is 15.8 Å². The van der Waals surface area contributed by atoms with Gasteiger partial charge < -0.3 is 9.32 Å². The van der Waals surface area contributed by atoms with Crippen LogP contribution in [-0.4, -0.2) is 26.5 Å². The zero-order chi connectivity index (χ0) is 20.6. The molecule has 0 bridgehead atoms. The number of rotatable bonds is 5. The molecule has 0 saturated heterocycles. The highest BCUT2D eigenvalue weighted by Gasteiger charge is 2.24. The molecule has 4 aromatic rings. The van der Waals surface area contributed by atoms with Crippen LogP contribution >= 0.6 is 0 Å². The van der Waals surface area contributed by atoms with Crippen molar-refractivity contribution in [2.45, 2.75) is 4.90 Å². The largest absolute Gasteiger partial charge is 0.472 e. The molecule has 5 nitrogen and oxygen atoms in total. The Bertz CT molecular complexity index is 1260. The van der Waals surface area contributed by atoms with E-state index in [4.69, 9.17) is 4.42 Å². The Morgan fingerprint density at radius 2 is 1.76 bits per heavy atom. The van der Waals surface area contributed by atoms with E-state index in [0.717, 1.165) is 9.54 Å². The summed E-state index contributed by atoms with van der Waals surface area (Å²) in [6.07, 6.45) is 4.58. The van der Waals surface area contributed by atoms with Gasteiger partial charge in [-0.1, -0.05) is 24.3 Å². The minimum absolute atomic E-state index is 0.106. The summed E-state index contributed by atoms with van der Waals surface area (Å²) in [5.74, 6) is -0.487. The first-order chi connectivity index (χ1) is 13.9. The van der Waals surface area contributed by atoms with Gasteiger partial charge in [0.25, 0.3) is 10.0 Å². The summed E-state index contributed by atoms with van der Waals surface area (Å²) in [6.45, 7) is 0. The Morgan fingerprint density at radius 3 is 2.45 bits per heavy atom. The monoisotopic (exact) mass is 410 g/mol. The van der Waals surface area contributed by atoms with Crippen molar-refractivity contribution in [1.82, 2.24) is 3.97 Å². The molecule has 148 valence electrons. The molecule has 0 unspecified atom stereocenters. The lowest BCUT2D eigenvalue weighted by Gasteiger charge is -2.12. The molecule has 29 heavy (non-hydrogen) atoms. The second kappa shape index (κ2) is 7.25. The number of aromatic nitrogens is 1. The number of hydrogen-bond acceptors (Lipinski definition) is 4. The van der Waals surface area contributed by atoms with Crippen LogP contribution in [0.25, 0.3) is 22.4 Å². The molecule has 0 aliphatic heterocycles. The topological polar surface area (TPSA) is 55.5 Å². The van der Waals surface area contributed by atoms with Gasteiger partial charge >= 0.3 is 0 Å². The molecule has 0 fully saturated rings. The van der Waals surface area contributed by atoms with Gasteiger partial charge in [-0.05, 0) is 42.0 Å². The molecule has 0 amide bonds. The first-order valence-electron chi connectivity index (χ1n) is 8.91. The number of anilines is 1. The lowest BCUT2D eigenvalue weighted by molar-refractivity contribution is 0.568. The standard InChI is InChI=1S/C22H19FN2O3S/c1-24(2)18-13-22(20-8-3-4-9-21(20)23)25(14-18)29(26,27)19-7-5-6-16(12-19)17-10-11-28-15-17/h3-15H,1-2H3. The summed E-state index contributed by atoms with van der Waals surface area (Å²) in [7, 11) is -0.363. The van der Waals surface area contributed by atoms with Crippen molar-refractivity contribution in [3.63, 3.8) is 0 Å². The third kappa shape index (κ3) is 3.45. The molecular formula is C22H19FN2O3S. The Kier molecular flexibility index (Phi) is 4.76. The SMILES string of the molecule is CN(C)c1cc(-c2ccccc2F)n(S(=O)(=O)c2cccc(-c3ccoc3)c2)c1. The van der Waals surface area contributed by atoms with Crippen LogP contribution in [0.1, 0.15) is 0 Å². The fraction of sp³-hybridized carbons (Fsp3) is 0.0909. The molecule has 4 rings (SSSR count). The lowest BCUT2D eigenvalue weighted by Crippen LogP contribution is -2.14. The zero-order valence-electron chi connectivity index (χ0n) is 15.9.